The van der Waals surface area contributed by atoms with Crippen LogP contribution in [0.15, 0.2) is 22.7 Å². The third-order valence-electron chi connectivity index (χ3n) is 3.35. The summed E-state index contributed by atoms with van der Waals surface area (Å²) in [5, 5.41) is 3.93. The van der Waals surface area contributed by atoms with Gasteiger partial charge in [-0.25, -0.2) is 4.39 Å². The number of halogens is 2. The predicted octanol–water partition coefficient (Wildman–Crippen LogP) is 3.16. The summed E-state index contributed by atoms with van der Waals surface area (Å²) in [4.78, 5) is 4.33. The number of hydrogen-bond acceptors (Lipinski definition) is 4. The second kappa shape index (κ2) is 5.27. The minimum atomic E-state index is -0.477. The average molecular weight is 284 g/mol. The van der Waals surface area contributed by atoms with Crippen LogP contribution >= 0.6 is 11.6 Å². The Morgan fingerprint density at radius 1 is 1.47 bits per heavy atom. The second-order valence-electron chi connectivity index (χ2n) is 4.67. The summed E-state index contributed by atoms with van der Waals surface area (Å²) in [6.07, 6.45) is 0.787. The lowest BCUT2D eigenvalue weighted by molar-refractivity contribution is 0.291. The second-order valence-corrected chi connectivity index (χ2v) is 5.08. The standard InChI is InChI=1S/C13H15ClFN3O/c1-3-13(2,7-16)12-17-11(18-19-12)8-4-5-10(15)9(14)6-8/h4-6H,3,7,16H2,1-2H3. The minimum Gasteiger partial charge on any atom is -0.338 e. The Morgan fingerprint density at radius 3 is 2.79 bits per heavy atom. The molecule has 0 aliphatic carbocycles. The van der Waals surface area contributed by atoms with Crippen molar-refractivity contribution < 1.29 is 8.91 Å². The van der Waals surface area contributed by atoms with Crippen LogP contribution in [-0.2, 0) is 5.41 Å². The highest BCUT2D eigenvalue weighted by Gasteiger charge is 2.29. The van der Waals surface area contributed by atoms with E-state index in [-0.39, 0.29) is 10.4 Å². The van der Waals surface area contributed by atoms with Gasteiger partial charge in [-0.15, -0.1) is 0 Å². The van der Waals surface area contributed by atoms with Crippen LogP contribution in [-0.4, -0.2) is 16.7 Å². The Morgan fingerprint density at radius 2 is 2.21 bits per heavy atom. The van der Waals surface area contributed by atoms with Gasteiger partial charge in [-0.05, 0) is 31.5 Å². The van der Waals surface area contributed by atoms with Gasteiger partial charge in [-0.1, -0.05) is 23.7 Å². The van der Waals surface area contributed by atoms with Crippen LogP contribution in [0.25, 0.3) is 11.4 Å². The lowest BCUT2D eigenvalue weighted by Gasteiger charge is -2.20. The summed E-state index contributed by atoms with van der Waals surface area (Å²) in [5.41, 5.74) is 6.00. The molecule has 0 spiro atoms. The first-order valence-electron chi connectivity index (χ1n) is 6.00. The monoisotopic (exact) mass is 283 g/mol. The van der Waals surface area contributed by atoms with Gasteiger partial charge >= 0.3 is 0 Å². The molecule has 1 unspecified atom stereocenters. The maximum absolute atomic E-state index is 13.1. The molecule has 19 heavy (non-hydrogen) atoms. The number of aromatic nitrogens is 2. The predicted molar refractivity (Wildman–Crippen MR) is 71.4 cm³/mol. The Bertz CT molecular complexity index is 581. The van der Waals surface area contributed by atoms with E-state index >= 15 is 0 Å². The van der Waals surface area contributed by atoms with Crippen LogP contribution in [0.5, 0.6) is 0 Å². The topological polar surface area (TPSA) is 64.9 Å². The van der Waals surface area contributed by atoms with E-state index in [0.717, 1.165) is 6.42 Å². The molecule has 102 valence electrons. The van der Waals surface area contributed by atoms with Crippen LogP contribution in [0.3, 0.4) is 0 Å². The first kappa shape index (κ1) is 14.0. The molecule has 1 aromatic carbocycles. The van der Waals surface area contributed by atoms with Crippen molar-refractivity contribution in [3.05, 3.63) is 34.9 Å². The number of hydrogen-bond donors (Lipinski definition) is 1. The first-order valence-corrected chi connectivity index (χ1v) is 6.37. The Hall–Kier alpha value is -1.46. The normalized spacial score (nSPS) is 14.4. The molecule has 0 radical (unpaired) electrons. The molecule has 0 bridgehead atoms. The van der Waals surface area contributed by atoms with Gasteiger partial charge in [0.1, 0.15) is 5.82 Å². The van der Waals surface area contributed by atoms with Gasteiger partial charge in [0, 0.05) is 12.1 Å². The molecule has 0 fully saturated rings. The van der Waals surface area contributed by atoms with E-state index in [1.807, 2.05) is 13.8 Å². The molecule has 0 amide bonds. The van der Waals surface area contributed by atoms with Gasteiger partial charge in [0.2, 0.25) is 11.7 Å². The van der Waals surface area contributed by atoms with Crippen LogP contribution in [0, 0.1) is 5.82 Å². The summed E-state index contributed by atoms with van der Waals surface area (Å²) in [7, 11) is 0. The molecule has 2 rings (SSSR count). The highest BCUT2D eigenvalue weighted by molar-refractivity contribution is 6.31. The van der Waals surface area contributed by atoms with Crippen molar-refractivity contribution in [3.8, 4) is 11.4 Å². The van der Waals surface area contributed by atoms with Gasteiger partial charge in [-0.3, -0.25) is 0 Å². The summed E-state index contributed by atoms with van der Waals surface area (Å²) in [5.74, 6) is 0.382. The summed E-state index contributed by atoms with van der Waals surface area (Å²) in [6.45, 7) is 4.38. The Balaban J connectivity index is 2.38. The first-order chi connectivity index (χ1) is 9.00. The van der Waals surface area contributed by atoms with Crippen molar-refractivity contribution in [3.63, 3.8) is 0 Å². The van der Waals surface area contributed by atoms with Crippen molar-refractivity contribution in [2.45, 2.75) is 25.7 Å². The molecule has 1 aromatic heterocycles. The molecule has 1 heterocycles. The highest BCUT2D eigenvalue weighted by atomic mass is 35.5. The van der Waals surface area contributed by atoms with Crippen LogP contribution < -0.4 is 5.73 Å². The zero-order valence-corrected chi connectivity index (χ0v) is 11.5. The molecule has 1 atom stereocenters. The summed E-state index contributed by atoms with van der Waals surface area (Å²) >= 11 is 5.73. The SMILES string of the molecule is CCC(C)(CN)c1nc(-c2ccc(F)c(Cl)c2)no1. The number of nitrogens with zero attached hydrogens (tertiary/aromatic N) is 2. The highest BCUT2D eigenvalue weighted by Crippen LogP contribution is 2.28. The third-order valence-corrected chi connectivity index (χ3v) is 3.64. The van der Waals surface area contributed by atoms with E-state index in [1.165, 1.54) is 12.1 Å². The molecule has 2 aromatic rings. The smallest absolute Gasteiger partial charge is 0.234 e. The lowest BCUT2D eigenvalue weighted by atomic mass is 9.88. The van der Waals surface area contributed by atoms with Gasteiger partial charge < -0.3 is 10.3 Å². The van der Waals surface area contributed by atoms with Gasteiger partial charge in [-0.2, -0.15) is 4.98 Å². The summed E-state index contributed by atoms with van der Waals surface area (Å²) < 4.78 is 18.4. The van der Waals surface area contributed by atoms with Crippen molar-refractivity contribution in [2.24, 2.45) is 5.73 Å². The van der Waals surface area contributed by atoms with E-state index in [1.54, 1.807) is 6.07 Å². The number of nitrogens with two attached hydrogens (primary N) is 1. The fourth-order valence-corrected chi connectivity index (χ4v) is 1.78. The molecule has 0 saturated heterocycles. The largest absolute Gasteiger partial charge is 0.338 e. The van der Waals surface area contributed by atoms with Crippen LogP contribution in [0.1, 0.15) is 26.2 Å². The van der Waals surface area contributed by atoms with E-state index in [0.29, 0.717) is 23.8 Å². The maximum atomic E-state index is 13.1. The molecule has 0 saturated carbocycles. The van der Waals surface area contributed by atoms with Crippen LogP contribution in [0.2, 0.25) is 5.02 Å². The van der Waals surface area contributed by atoms with Gasteiger partial charge in [0.25, 0.3) is 0 Å². The molecule has 6 heteroatoms. The Labute approximate surface area is 115 Å². The number of benzene rings is 1. The van der Waals surface area contributed by atoms with Gasteiger partial charge in [0.15, 0.2) is 0 Å². The van der Waals surface area contributed by atoms with Crippen molar-refractivity contribution in [2.75, 3.05) is 6.54 Å². The lowest BCUT2D eigenvalue weighted by Crippen LogP contribution is -2.31. The fraction of sp³-hybridized carbons (Fsp3) is 0.385. The fourth-order valence-electron chi connectivity index (χ4n) is 1.60. The molecule has 4 nitrogen and oxygen atoms in total. The van der Waals surface area contributed by atoms with Crippen molar-refractivity contribution in [1.29, 1.82) is 0 Å². The van der Waals surface area contributed by atoms with E-state index in [4.69, 9.17) is 21.9 Å². The average Bonchev–Trinajstić information content (AvgIpc) is 2.91. The minimum absolute atomic E-state index is 0.0286. The van der Waals surface area contributed by atoms with E-state index in [9.17, 15) is 4.39 Å². The summed E-state index contributed by atoms with van der Waals surface area (Å²) in [6, 6.07) is 4.30. The van der Waals surface area contributed by atoms with Crippen molar-refractivity contribution >= 4 is 11.6 Å². The number of rotatable bonds is 4. The molecule has 2 N–H and O–H groups in total. The van der Waals surface area contributed by atoms with Gasteiger partial charge in [0.05, 0.1) is 10.4 Å². The quantitative estimate of drug-likeness (QED) is 0.936. The maximum Gasteiger partial charge on any atom is 0.234 e. The zero-order valence-electron chi connectivity index (χ0n) is 10.8. The Kier molecular flexibility index (Phi) is 3.87. The molecular weight excluding hydrogens is 269 g/mol. The molecular formula is C13H15ClFN3O. The van der Waals surface area contributed by atoms with E-state index < -0.39 is 5.82 Å². The zero-order chi connectivity index (χ0) is 14.0. The van der Waals surface area contributed by atoms with E-state index in [2.05, 4.69) is 10.1 Å². The molecule has 0 aliphatic rings. The van der Waals surface area contributed by atoms with Crippen LogP contribution in [0.4, 0.5) is 4.39 Å². The van der Waals surface area contributed by atoms with Crippen molar-refractivity contribution in [1.82, 2.24) is 10.1 Å². The molecule has 0 aliphatic heterocycles. The third kappa shape index (κ3) is 2.62.